The van der Waals surface area contributed by atoms with E-state index in [1.54, 1.807) is 0 Å². The van der Waals surface area contributed by atoms with Crippen molar-refractivity contribution in [2.45, 2.75) is 19.4 Å². The van der Waals surface area contributed by atoms with E-state index in [2.05, 4.69) is 0 Å². The summed E-state index contributed by atoms with van der Waals surface area (Å²) in [5, 5.41) is 0. The molecule has 0 saturated heterocycles. The molecule has 1 aromatic rings. The number of ether oxygens (including phenoxy) is 1. The second kappa shape index (κ2) is 4.87. The van der Waals surface area contributed by atoms with Crippen LogP contribution in [0.4, 0.5) is 4.79 Å². The van der Waals surface area contributed by atoms with Crippen LogP contribution >= 0.6 is 11.6 Å². The first-order valence-corrected chi connectivity index (χ1v) is 4.46. The molecule has 70 valence electrons. The van der Waals surface area contributed by atoms with Gasteiger partial charge in [0.25, 0.3) is 0 Å². The quantitative estimate of drug-likeness (QED) is 0.698. The predicted octanol–water partition coefficient (Wildman–Crippen LogP) is 2.99. The Labute approximate surface area is 82.5 Å². The lowest BCUT2D eigenvalue weighted by atomic mass is 10.1. The molecular weight excluding hydrogens is 188 g/mol. The molecular formula is C10H11ClO2. The van der Waals surface area contributed by atoms with Gasteiger partial charge >= 0.3 is 5.43 Å². The van der Waals surface area contributed by atoms with Crippen molar-refractivity contribution in [3.05, 3.63) is 35.9 Å². The molecule has 0 aliphatic heterocycles. The van der Waals surface area contributed by atoms with Gasteiger partial charge in [0.15, 0.2) is 0 Å². The van der Waals surface area contributed by atoms with E-state index in [1.165, 1.54) is 0 Å². The van der Waals surface area contributed by atoms with E-state index in [9.17, 15) is 4.79 Å². The molecule has 0 aliphatic carbocycles. The number of benzene rings is 1. The van der Waals surface area contributed by atoms with E-state index in [-0.39, 0.29) is 6.10 Å². The number of carbonyl (C=O) groups excluding carboxylic acids is 1. The van der Waals surface area contributed by atoms with Gasteiger partial charge in [-0.05, 0) is 12.5 Å². The zero-order valence-corrected chi connectivity index (χ0v) is 8.12. The number of halogens is 1. The molecule has 1 unspecified atom stereocenters. The molecule has 3 heteroatoms. The Morgan fingerprint density at radius 1 is 1.46 bits per heavy atom. The molecule has 0 spiro atoms. The van der Waals surface area contributed by atoms with E-state index in [4.69, 9.17) is 16.3 Å². The van der Waals surface area contributed by atoms with Crippen LogP contribution in [0.3, 0.4) is 0 Å². The summed E-state index contributed by atoms with van der Waals surface area (Å²) in [6, 6.07) is 9.81. The molecule has 13 heavy (non-hydrogen) atoms. The number of rotatable bonds is 3. The third kappa shape index (κ3) is 3.95. The number of carbonyl (C=O) groups is 1. The first-order valence-electron chi connectivity index (χ1n) is 4.08. The minimum absolute atomic E-state index is 0.174. The molecule has 0 aromatic heterocycles. The maximum Gasteiger partial charge on any atom is 0.404 e. The van der Waals surface area contributed by atoms with Crippen LogP contribution < -0.4 is 0 Å². The van der Waals surface area contributed by atoms with Crippen molar-refractivity contribution in [1.82, 2.24) is 0 Å². The third-order valence-electron chi connectivity index (χ3n) is 1.66. The van der Waals surface area contributed by atoms with Gasteiger partial charge in [0.2, 0.25) is 0 Å². The second-order valence-electron chi connectivity index (χ2n) is 2.86. The Balaban J connectivity index is 2.45. The van der Waals surface area contributed by atoms with Crippen molar-refractivity contribution < 1.29 is 9.53 Å². The van der Waals surface area contributed by atoms with Crippen LogP contribution in [0, 0.1) is 0 Å². The van der Waals surface area contributed by atoms with Crippen molar-refractivity contribution in [1.29, 1.82) is 0 Å². The molecule has 0 radical (unpaired) electrons. The fourth-order valence-electron chi connectivity index (χ4n) is 1.15. The monoisotopic (exact) mass is 198 g/mol. The minimum atomic E-state index is -0.747. The van der Waals surface area contributed by atoms with Gasteiger partial charge in [0.05, 0.1) is 0 Å². The Morgan fingerprint density at radius 3 is 2.62 bits per heavy atom. The van der Waals surface area contributed by atoms with Crippen LogP contribution in [0.2, 0.25) is 0 Å². The van der Waals surface area contributed by atoms with Gasteiger partial charge in [0.1, 0.15) is 6.10 Å². The highest BCUT2D eigenvalue weighted by Gasteiger charge is 2.06. The van der Waals surface area contributed by atoms with E-state index >= 15 is 0 Å². The number of hydrogen-bond donors (Lipinski definition) is 0. The number of hydrogen-bond acceptors (Lipinski definition) is 2. The summed E-state index contributed by atoms with van der Waals surface area (Å²) < 4.78 is 4.78. The summed E-state index contributed by atoms with van der Waals surface area (Å²) in [5.41, 5.74) is 0.386. The molecule has 1 atom stereocenters. The molecule has 0 amide bonds. The summed E-state index contributed by atoms with van der Waals surface area (Å²) >= 11 is 5.08. The van der Waals surface area contributed by atoms with Gasteiger partial charge in [-0.3, -0.25) is 0 Å². The Hall–Kier alpha value is -1.02. The smallest absolute Gasteiger partial charge is 0.404 e. The fourth-order valence-corrected chi connectivity index (χ4v) is 1.30. The molecule has 0 fully saturated rings. The molecule has 2 nitrogen and oxygen atoms in total. The lowest BCUT2D eigenvalue weighted by Gasteiger charge is -2.10. The van der Waals surface area contributed by atoms with Gasteiger partial charge in [-0.15, -0.1) is 0 Å². The van der Waals surface area contributed by atoms with E-state index < -0.39 is 5.43 Å². The Bertz CT molecular complexity index is 272. The minimum Gasteiger partial charge on any atom is -0.450 e. The predicted molar refractivity (Wildman–Crippen MR) is 51.9 cm³/mol. The maximum atomic E-state index is 10.4. The molecule has 0 heterocycles. The summed E-state index contributed by atoms with van der Waals surface area (Å²) in [6.45, 7) is 1.81. The molecule has 0 aliphatic rings. The highest BCUT2D eigenvalue weighted by Crippen LogP contribution is 2.06. The van der Waals surface area contributed by atoms with Gasteiger partial charge < -0.3 is 4.74 Å². The van der Waals surface area contributed by atoms with E-state index in [0.717, 1.165) is 5.56 Å². The lowest BCUT2D eigenvalue weighted by molar-refractivity contribution is 0.131. The SMILES string of the molecule is CC(Cc1ccccc1)OC(=O)Cl. The molecule has 0 saturated carbocycles. The summed E-state index contributed by atoms with van der Waals surface area (Å²) in [7, 11) is 0. The highest BCUT2D eigenvalue weighted by atomic mass is 35.5. The normalized spacial score (nSPS) is 12.2. The van der Waals surface area contributed by atoms with Crippen LogP contribution in [0.5, 0.6) is 0 Å². The van der Waals surface area contributed by atoms with Crippen LogP contribution in [0.15, 0.2) is 30.3 Å². The topological polar surface area (TPSA) is 26.3 Å². The van der Waals surface area contributed by atoms with Crippen molar-refractivity contribution in [2.75, 3.05) is 0 Å². The van der Waals surface area contributed by atoms with E-state index in [1.807, 2.05) is 37.3 Å². The summed E-state index contributed by atoms with van der Waals surface area (Å²) in [5.74, 6) is 0. The first kappa shape index (κ1) is 10.1. The molecule has 0 bridgehead atoms. The molecule has 1 aromatic carbocycles. The first-order chi connectivity index (χ1) is 6.18. The highest BCUT2D eigenvalue weighted by molar-refractivity contribution is 6.61. The lowest BCUT2D eigenvalue weighted by Crippen LogP contribution is -2.12. The van der Waals surface area contributed by atoms with Crippen LogP contribution in [0.25, 0.3) is 0 Å². The van der Waals surface area contributed by atoms with Crippen molar-refractivity contribution in [2.24, 2.45) is 0 Å². The Morgan fingerprint density at radius 2 is 2.08 bits per heavy atom. The largest absolute Gasteiger partial charge is 0.450 e. The van der Waals surface area contributed by atoms with Crippen molar-refractivity contribution in [3.63, 3.8) is 0 Å². The third-order valence-corrected chi connectivity index (χ3v) is 1.75. The van der Waals surface area contributed by atoms with Crippen molar-refractivity contribution >= 4 is 17.0 Å². The van der Waals surface area contributed by atoms with Gasteiger partial charge in [-0.25, -0.2) is 4.79 Å². The van der Waals surface area contributed by atoms with Crippen LogP contribution in [0.1, 0.15) is 12.5 Å². The standard InChI is InChI=1S/C10H11ClO2/c1-8(13-10(11)12)7-9-5-3-2-4-6-9/h2-6,8H,7H2,1H3. The maximum absolute atomic E-state index is 10.4. The average molecular weight is 199 g/mol. The zero-order valence-electron chi connectivity index (χ0n) is 7.37. The summed E-state index contributed by atoms with van der Waals surface area (Å²) in [6.07, 6.45) is 0.520. The molecule has 0 N–H and O–H groups in total. The van der Waals surface area contributed by atoms with Gasteiger partial charge in [-0.2, -0.15) is 0 Å². The van der Waals surface area contributed by atoms with Crippen LogP contribution in [-0.4, -0.2) is 11.5 Å². The van der Waals surface area contributed by atoms with E-state index in [0.29, 0.717) is 6.42 Å². The summed E-state index contributed by atoms with van der Waals surface area (Å²) in [4.78, 5) is 10.4. The van der Waals surface area contributed by atoms with Crippen LogP contribution in [-0.2, 0) is 11.2 Å². The van der Waals surface area contributed by atoms with Crippen molar-refractivity contribution in [3.8, 4) is 0 Å². The zero-order chi connectivity index (χ0) is 9.68. The fraction of sp³-hybridized carbons (Fsp3) is 0.300. The van der Waals surface area contributed by atoms with Gasteiger partial charge in [0, 0.05) is 18.0 Å². The molecule has 1 rings (SSSR count). The average Bonchev–Trinajstić information content (AvgIpc) is 2.04. The second-order valence-corrected chi connectivity index (χ2v) is 3.16. The van der Waals surface area contributed by atoms with Gasteiger partial charge in [-0.1, -0.05) is 30.3 Å². The Kier molecular flexibility index (Phi) is 3.77.